The van der Waals surface area contributed by atoms with Crippen molar-refractivity contribution in [2.45, 2.75) is 13.5 Å². The molecule has 0 amide bonds. The van der Waals surface area contributed by atoms with E-state index in [4.69, 9.17) is 16.9 Å². The van der Waals surface area contributed by atoms with Crippen molar-refractivity contribution in [1.82, 2.24) is 9.55 Å². The highest BCUT2D eigenvalue weighted by Gasteiger charge is 2.11. The Kier molecular flexibility index (Phi) is 6.95. The average molecular weight is 367 g/mol. The standard InChI is InChI=1S/C13H14ClN3O.C7H5N/c1-9-11(14)16-12(15-2)13(18)17(9)8-10-6-4-3-5-7-10;8-6-7-4-2-1-3-5-7/h3-7H,8H2,1-2H3,(H,15,16);1-5H. The Balaban J connectivity index is 0.000000254. The molecule has 3 rings (SSSR count). The van der Waals surface area contributed by atoms with Gasteiger partial charge in [-0.1, -0.05) is 60.1 Å². The maximum absolute atomic E-state index is 12.2. The van der Waals surface area contributed by atoms with E-state index in [1.807, 2.05) is 54.6 Å². The molecule has 0 radical (unpaired) electrons. The molecule has 0 saturated carbocycles. The molecule has 0 atom stereocenters. The highest BCUT2D eigenvalue weighted by Crippen LogP contribution is 2.13. The molecule has 0 bridgehead atoms. The lowest BCUT2D eigenvalue weighted by molar-refractivity contribution is 0.721. The van der Waals surface area contributed by atoms with E-state index in [1.165, 1.54) is 0 Å². The molecule has 3 aromatic rings. The van der Waals surface area contributed by atoms with Crippen LogP contribution in [0.2, 0.25) is 5.15 Å². The first kappa shape index (κ1) is 19.2. The molecule has 2 aromatic carbocycles. The molecule has 132 valence electrons. The number of nitrogens with one attached hydrogen (secondary N) is 1. The first-order chi connectivity index (χ1) is 12.6. The van der Waals surface area contributed by atoms with Crippen molar-refractivity contribution in [3.8, 4) is 6.07 Å². The van der Waals surface area contributed by atoms with Crippen molar-refractivity contribution in [1.29, 1.82) is 5.26 Å². The van der Waals surface area contributed by atoms with Crippen molar-refractivity contribution in [3.63, 3.8) is 0 Å². The highest BCUT2D eigenvalue weighted by molar-refractivity contribution is 6.30. The third-order valence-corrected chi connectivity index (χ3v) is 4.04. The predicted molar refractivity (Wildman–Crippen MR) is 104 cm³/mol. The van der Waals surface area contributed by atoms with Crippen LogP contribution >= 0.6 is 11.6 Å². The summed E-state index contributed by atoms with van der Waals surface area (Å²) in [6.07, 6.45) is 0. The Morgan fingerprint density at radius 3 is 2.19 bits per heavy atom. The van der Waals surface area contributed by atoms with Crippen molar-refractivity contribution >= 4 is 17.4 Å². The van der Waals surface area contributed by atoms with Crippen LogP contribution in [0.5, 0.6) is 0 Å². The summed E-state index contributed by atoms with van der Waals surface area (Å²) in [4.78, 5) is 16.2. The topological polar surface area (TPSA) is 70.7 Å². The quantitative estimate of drug-likeness (QED) is 0.764. The van der Waals surface area contributed by atoms with Crippen LogP contribution in [-0.2, 0) is 6.54 Å². The first-order valence-corrected chi connectivity index (χ1v) is 8.38. The van der Waals surface area contributed by atoms with Crippen molar-refractivity contribution in [2.24, 2.45) is 0 Å². The SMILES string of the molecule is CNc1nc(Cl)c(C)n(Cc2ccccc2)c1=O.N#Cc1ccccc1. The van der Waals surface area contributed by atoms with E-state index >= 15 is 0 Å². The van der Waals surface area contributed by atoms with Gasteiger partial charge in [-0.25, -0.2) is 4.98 Å². The lowest BCUT2D eigenvalue weighted by atomic mass is 10.2. The van der Waals surface area contributed by atoms with Crippen LogP contribution in [0.15, 0.2) is 65.5 Å². The summed E-state index contributed by atoms with van der Waals surface area (Å²) in [6, 6.07) is 20.9. The Hall–Kier alpha value is -3.10. The van der Waals surface area contributed by atoms with Crippen LogP contribution in [0.25, 0.3) is 0 Å². The predicted octanol–water partition coefficient (Wildman–Crippen LogP) is 3.85. The molecule has 0 saturated heterocycles. The Labute approximate surface area is 157 Å². The number of nitriles is 1. The minimum Gasteiger partial charge on any atom is -0.369 e. The van der Waals surface area contributed by atoms with Crippen LogP contribution in [0, 0.1) is 18.3 Å². The second kappa shape index (κ2) is 9.40. The number of hydrogen-bond acceptors (Lipinski definition) is 4. The van der Waals surface area contributed by atoms with Gasteiger partial charge in [-0.05, 0) is 24.6 Å². The maximum Gasteiger partial charge on any atom is 0.293 e. The van der Waals surface area contributed by atoms with Gasteiger partial charge in [0.1, 0.15) is 0 Å². The normalized spacial score (nSPS) is 9.62. The molecule has 0 aliphatic heterocycles. The Morgan fingerprint density at radius 2 is 1.69 bits per heavy atom. The molecular formula is C20H19ClN4O. The van der Waals surface area contributed by atoms with Gasteiger partial charge in [-0.15, -0.1) is 0 Å². The van der Waals surface area contributed by atoms with Crippen molar-refractivity contribution in [3.05, 3.63) is 93.0 Å². The molecule has 1 heterocycles. The van der Waals surface area contributed by atoms with Gasteiger partial charge in [0, 0.05) is 7.05 Å². The summed E-state index contributed by atoms with van der Waals surface area (Å²) in [5.74, 6) is 0.265. The Bertz CT molecular complexity index is 947. The zero-order chi connectivity index (χ0) is 18.9. The lowest BCUT2D eigenvalue weighted by Crippen LogP contribution is -2.27. The molecule has 6 heteroatoms. The number of rotatable bonds is 3. The second-order valence-electron chi connectivity index (χ2n) is 5.44. The number of anilines is 1. The van der Waals surface area contributed by atoms with Gasteiger partial charge in [0.05, 0.1) is 23.9 Å². The zero-order valence-electron chi connectivity index (χ0n) is 14.6. The first-order valence-electron chi connectivity index (χ1n) is 8.00. The smallest absolute Gasteiger partial charge is 0.293 e. The van der Waals surface area contributed by atoms with E-state index in [0.717, 1.165) is 5.56 Å². The molecule has 0 spiro atoms. The van der Waals surface area contributed by atoms with E-state index in [0.29, 0.717) is 23.0 Å². The molecule has 0 fully saturated rings. The number of nitrogens with zero attached hydrogens (tertiary/aromatic N) is 3. The van der Waals surface area contributed by atoms with Gasteiger partial charge in [-0.2, -0.15) is 5.26 Å². The molecule has 0 unspecified atom stereocenters. The van der Waals surface area contributed by atoms with E-state index in [1.54, 1.807) is 30.7 Å². The molecule has 5 nitrogen and oxygen atoms in total. The number of aromatic nitrogens is 2. The third-order valence-electron chi connectivity index (χ3n) is 3.68. The molecular weight excluding hydrogens is 348 g/mol. The number of halogens is 1. The van der Waals surface area contributed by atoms with Crippen LogP contribution < -0.4 is 10.9 Å². The largest absolute Gasteiger partial charge is 0.369 e. The fourth-order valence-corrected chi connectivity index (χ4v) is 2.44. The van der Waals surface area contributed by atoms with E-state index < -0.39 is 0 Å². The van der Waals surface area contributed by atoms with Gasteiger partial charge < -0.3 is 9.88 Å². The summed E-state index contributed by atoms with van der Waals surface area (Å²) in [5, 5.41) is 11.4. The maximum atomic E-state index is 12.2. The fraction of sp³-hybridized carbons (Fsp3) is 0.150. The summed E-state index contributed by atoms with van der Waals surface area (Å²) in [7, 11) is 1.66. The molecule has 26 heavy (non-hydrogen) atoms. The number of hydrogen-bond donors (Lipinski definition) is 1. The van der Waals surface area contributed by atoms with Crippen LogP contribution in [0.3, 0.4) is 0 Å². The summed E-state index contributed by atoms with van der Waals surface area (Å²) < 4.78 is 1.62. The van der Waals surface area contributed by atoms with Crippen LogP contribution in [0.4, 0.5) is 5.82 Å². The van der Waals surface area contributed by atoms with Crippen LogP contribution in [-0.4, -0.2) is 16.6 Å². The fourth-order valence-electron chi connectivity index (χ4n) is 2.25. The Morgan fingerprint density at radius 1 is 1.12 bits per heavy atom. The van der Waals surface area contributed by atoms with Gasteiger partial charge in [0.15, 0.2) is 11.0 Å². The second-order valence-corrected chi connectivity index (χ2v) is 5.80. The molecule has 0 aliphatic rings. The van der Waals surface area contributed by atoms with E-state index in [9.17, 15) is 4.79 Å². The molecule has 1 N–H and O–H groups in total. The molecule has 0 aliphatic carbocycles. The minimum absolute atomic E-state index is 0.164. The summed E-state index contributed by atoms with van der Waals surface area (Å²) in [5.41, 5.74) is 2.27. The highest BCUT2D eigenvalue weighted by atomic mass is 35.5. The van der Waals surface area contributed by atoms with Crippen LogP contribution in [0.1, 0.15) is 16.8 Å². The van der Waals surface area contributed by atoms with Gasteiger partial charge >= 0.3 is 0 Å². The average Bonchev–Trinajstić information content (AvgIpc) is 2.70. The third kappa shape index (κ3) is 4.95. The molecule has 1 aromatic heterocycles. The summed E-state index contributed by atoms with van der Waals surface area (Å²) >= 11 is 6.03. The van der Waals surface area contributed by atoms with Gasteiger partial charge in [0.2, 0.25) is 0 Å². The van der Waals surface area contributed by atoms with Gasteiger partial charge in [-0.3, -0.25) is 4.79 Å². The monoisotopic (exact) mass is 366 g/mol. The number of benzene rings is 2. The van der Waals surface area contributed by atoms with Crippen molar-refractivity contribution < 1.29 is 0 Å². The van der Waals surface area contributed by atoms with Gasteiger partial charge in [0.25, 0.3) is 5.56 Å². The lowest BCUT2D eigenvalue weighted by Gasteiger charge is -2.12. The van der Waals surface area contributed by atoms with E-state index in [2.05, 4.69) is 10.3 Å². The summed E-state index contributed by atoms with van der Waals surface area (Å²) in [6.45, 7) is 2.28. The van der Waals surface area contributed by atoms with E-state index in [-0.39, 0.29) is 11.4 Å². The van der Waals surface area contributed by atoms with Crippen molar-refractivity contribution in [2.75, 3.05) is 12.4 Å². The minimum atomic E-state index is -0.164. The zero-order valence-corrected chi connectivity index (χ0v) is 15.4.